The van der Waals surface area contributed by atoms with Gasteiger partial charge in [-0.1, -0.05) is 30.3 Å². The molecular weight excluding hydrogens is 332 g/mol. The van der Waals surface area contributed by atoms with E-state index in [2.05, 4.69) is 10.3 Å². The van der Waals surface area contributed by atoms with Gasteiger partial charge >= 0.3 is 0 Å². The monoisotopic (exact) mass is 352 g/mol. The molecule has 1 aliphatic heterocycles. The zero-order chi connectivity index (χ0) is 18.5. The minimum absolute atomic E-state index is 0.232. The zero-order valence-electron chi connectivity index (χ0n) is 14.9. The quantitative estimate of drug-likeness (QED) is 0.812. The predicted molar refractivity (Wildman–Crippen MR) is 99.8 cm³/mol. The SMILES string of the molecule is COc1cc(/C=C2/N=C(Cc3ccccc3)NC2=O)cc(OC)c1OC. The Balaban J connectivity index is 1.90. The first-order chi connectivity index (χ1) is 12.6. The lowest BCUT2D eigenvalue weighted by atomic mass is 10.1. The third kappa shape index (κ3) is 3.69. The molecule has 134 valence electrons. The molecule has 0 saturated carbocycles. The molecule has 6 nitrogen and oxygen atoms in total. The van der Waals surface area contributed by atoms with Gasteiger partial charge in [-0.15, -0.1) is 0 Å². The number of aliphatic imine (C=N–C) groups is 1. The van der Waals surface area contributed by atoms with E-state index in [1.807, 2.05) is 30.3 Å². The zero-order valence-corrected chi connectivity index (χ0v) is 14.9. The van der Waals surface area contributed by atoms with E-state index in [0.717, 1.165) is 11.1 Å². The van der Waals surface area contributed by atoms with Crippen LogP contribution in [-0.2, 0) is 11.2 Å². The van der Waals surface area contributed by atoms with Gasteiger partial charge < -0.3 is 19.5 Å². The Kier molecular flexibility index (Phi) is 5.22. The molecule has 3 rings (SSSR count). The molecule has 6 heteroatoms. The van der Waals surface area contributed by atoms with E-state index in [1.54, 1.807) is 39.5 Å². The highest BCUT2D eigenvalue weighted by Gasteiger charge is 2.21. The van der Waals surface area contributed by atoms with Crippen molar-refractivity contribution in [2.45, 2.75) is 6.42 Å². The molecule has 0 spiro atoms. The largest absolute Gasteiger partial charge is 0.493 e. The van der Waals surface area contributed by atoms with Crippen LogP contribution in [0, 0.1) is 0 Å². The summed E-state index contributed by atoms with van der Waals surface area (Å²) in [5.41, 5.74) is 2.15. The van der Waals surface area contributed by atoms with Crippen molar-refractivity contribution in [3.63, 3.8) is 0 Å². The molecule has 0 aromatic heterocycles. The fraction of sp³-hybridized carbons (Fsp3) is 0.200. The van der Waals surface area contributed by atoms with E-state index in [9.17, 15) is 4.79 Å². The summed E-state index contributed by atoms with van der Waals surface area (Å²) in [4.78, 5) is 16.6. The van der Waals surface area contributed by atoms with Gasteiger partial charge in [0.15, 0.2) is 11.5 Å². The molecular formula is C20H20N2O4. The van der Waals surface area contributed by atoms with Gasteiger partial charge in [0.25, 0.3) is 5.91 Å². The van der Waals surface area contributed by atoms with Crippen molar-refractivity contribution in [2.75, 3.05) is 21.3 Å². The number of rotatable bonds is 6. The van der Waals surface area contributed by atoms with Crippen LogP contribution in [0.25, 0.3) is 6.08 Å². The summed E-state index contributed by atoms with van der Waals surface area (Å²) in [5, 5.41) is 2.81. The number of amides is 1. The van der Waals surface area contributed by atoms with Gasteiger partial charge in [0.2, 0.25) is 5.75 Å². The average Bonchev–Trinajstić information content (AvgIpc) is 3.00. The van der Waals surface area contributed by atoms with Crippen LogP contribution in [0.1, 0.15) is 11.1 Å². The number of carbonyl (C=O) groups is 1. The van der Waals surface area contributed by atoms with Gasteiger partial charge in [-0.3, -0.25) is 4.79 Å². The Morgan fingerprint density at radius 2 is 1.65 bits per heavy atom. The maximum Gasteiger partial charge on any atom is 0.275 e. The van der Waals surface area contributed by atoms with E-state index in [0.29, 0.717) is 35.2 Å². The molecule has 1 N–H and O–H groups in total. The smallest absolute Gasteiger partial charge is 0.275 e. The van der Waals surface area contributed by atoms with Crippen molar-refractivity contribution in [1.29, 1.82) is 0 Å². The highest BCUT2D eigenvalue weighted by Crippen LogP contribution is 2.38. The summed E-state index contributed by atoms with van der Waals surface area (Å²) in [5.74, 6) is 1.93. The lowest BCUT2D eigenvalue weighted by Crippen LogP contribution is -2.25. The van der Waals surface area contributed by atoms with Crippen LogP contribution >= 0.6 is 0 Å². The van der Waals surface area contributed by atoms with Crippen molar-refractivity contribution in [1.82, 2.24) is 5.32 Å². The van der Waals surface area contributed by atoms with Gasteiger partial charge in [0, 0.05) is 6.42 Å². The number of hydrogen-bond acceptors (Lipinski definition) is 5. The van der Waals surface area contributed by atoms with Crippen molar-refractivity contribution in [3.8, 4) is 17.2 Å². The first kappa shape index (κ1) is 17.5. The second kappa shape index (κ2) is 7.74. The molecule has 26 heavy (non-hydrogen) atoms. The van der Waals surface area contributed by atoms with E-state index in [-0.39, 0.29) is 5.91 Å². The predicted octanol–water partition coefficient (Wildman–Crippen LogP) is 2.82. The minimum Gasteiger partial charge on any atom is -0.493 e. The minimum atomic E-state index is -0.232. The second-order valence-electron chi connectivity index (χ2n) is 5.66. The highest BCUT2D eigenvalue weighted by molar-refractivity contribution is 6.14. The molecule has 1 aliphatic rings. The van der Waals surface area contributed by atoms with Crippen molar-refractivity contribution in [2.24, 2.45) is 4.99 Å². The molecule has 2 aromatic rings. The summed E-state index contributed by atoms with van der Waals surface area (Å²) in [6.45, 7) is 0. The highest BCUT2D eigenvalue weighted by atomic mass is 16.5. The van der Waals surface area contributed by atoms with Crippen LogP contribution in [0.2, 0.25) is 0 Å². The third-order valence-electron chi connectivity index (χ3n) is 3.95. The first-order valence-corrected chi connectivity index (χ1v) is 8.09. The molecule has 0 aliphatic carbocycles. The molecule has 0 radical (unpaired) electrons. The summed E-state index contributed by atoms with van der Waals surface area (Å²) in [7, 11) is 4.64. The lowest BCUT2D eigenvalue weighted by molar-refractivity contribution is -0.115. The van der Waals surface area contributed by atoms with E-state index >= 15 is 0 Å². The molecule has 2 aromatic carbocycles. The van der Waals surface area contributed by atoms with E-state index < -0.39 is 0 Å². The Labute approximate surface area is 152 Å². The molecule has 1 amide bonds. The number of methoxy groups -OCH3 is 3. The maximum atomic E-state index is 12.2. The van der Waals surface area contributed by atoms with E-state index in [1.165, 1.54) is 0 Å². The van der Waals surface area contributed by atoms with Gasteiger partial charge in [-0.05, 0) is 29.3 Å². The number of hydrogen-bond donors (Lipinski definition) is 1. The number of amidine groups is 1. The Bertz CT molecular complexity index is 848. The number of ether oxygens (including phenoxy) is 3. The molecule has 0 bridgehead atoms. The number of carbonyl (C=O) groups excluding carboxylic acids is 1. The first-order valence-electron chi connectivity index (χ1n) is 8.09. The van der Waals surface area contributed by atoms with Crippen LogP contribution in [-0.4, -0.2) is 33.1 Å². The van der Waals surface area contributed by atoms with Crippen LogP contribution in [0.4, 0.5) is 0 Å². The Hall–Kier alpha value is -3.28. The normalized spacial score (nSPS) is 14.8. The third-order valence-corrected chi connectivity index (χ3v) is 3.95. The fourth-order valence-electron chi connectivity index (χ4n) is 2.73. The van der Waals surface area contributed by atoms with Gasteiger partial charge in [0.1, 0.15) is 11.5 Å². The summed E-state index contributed by atoms with van der Waals surface area (Å²) < 4.78 is 16.0. The topological polar surface area (TPSA) is 69.2 Å². The Morgan fingerprint density at radius 3 is 2.23 bits per heavy atom. The second-order valence-corrected chi connectivity index (χ2v) is 5.66. The molecule has 0 fully saturated rings. The maximum absolute atomic E-state index is 12.2. The standard InChI is InChI=1S/C20H20N2O4/c1-24-16-10-14(11-17(25-2)19(16)26-3)9-15-20(23)22-18(21-15)12-13-7-5-4-6-8-13/h4-11H,12H2,1-3H3,(H,21,22,23)/b15-9+. The molecule has 0 saturated heterocycles. The van der Waals surface area contributed by atoms with Gasteiger partial charge in [-0.25, -0.2) is 4.99 Å². The average molecular weight is 352 g/mol. The summed E-state index contributed by atoms with van der Waals surface area (Å²) in [6, 6.07) is 13.4. The number of benzene rings is 2. The summed E-state index contributed by atoms with van der Waals surface area (Å²) >= 11 is 0. The van der Waals surface area contributed by atoms with Gasteiger partial charge in [0.05, 0.1) is 21.3 Å². The van der Waals surface area contributed by atoms with Crippen LogP contribution in [0.15, 0.2) is 53.2 Å². The molecule has 0 unspecified atom stereocenters. The lowest BCUT2D eigenvalue weighted by Gasteiger charge is -2.12. The van der Waals surface area contributed by atoms with Crippen LogP contribution in [0.3, 0.4) is 0 Å². The van der Waals surface area contributed by atoms with Crippen molar-refractivity contribution in [3.05, 3.63) is 59.3 Å². The van der Waals surface area contributed by atoms with Crippen molar-refractivity contribution >= 4 is 17.8 Å². The van der Waals surface area contributed by atoms with Gasteiger partial charge in [-0.2, -0.15) is 0 Å². The number of nitrogens with one attached hydrogen (secondary N) is 1. The summed E-state index contributed by atoms with van der Waals surface area (Å²) in [6.07, 6.45) is 2.26. The Morgan fingerprint density at radius 1 is 1.00 bits per heavy atom. The van der Waals surface area contributed by atoms with Crippen molar-refractivity contribution < 1.29 is 19.0 Å². The van der Waals surface area contributed by atoms with Crippen LogP contribution < -0.4 is 19.5 Å². The molecule has 0 atom stereocenters. The number of nitrogens with zero attached hydrogens (tertiary/aromatic N) is 1. The van der Waals surface area contributed by atoms with E-state index in [4.69, 9.17) is 14.2 Å². The van der Waals surface area contributed by atoms with Crippen LogP contribution in [0.5, 0.6) is 17.2 Å². The molecule has 1 heterocycles. The fourth-order valence-corrected chi connectivity index (χ4v) is 2.73.